The standard InChI is InChI=1S/C31H29N3O7S2/c1-38-19-10-11-21(24(16-19)40-3)32-26(35)17-34-22-8-6-5-7-20(22)27(29(34)36)28-30(37)33(31(42)43-28)14-13-18-9-12-23(39-2)25(15-18)41-4/h5-12,15-16H,13-14,17H2,1-4H3,(H,32,35)/b28-27+. The van der Waals surface area contributed by atoms with Crippen LogP contribution in [0.5, 0.6) is 23.0 Å². The first kappa shape index (κ1) is 29.9. The predicted molar refractivity (Wildman–Crippen MR) is 169 cm³/mol. The van der Waals surface area contributed by atoms with Gasteiger partial charge in [-0.3, -0.25) is 24.2 Å². The third-order valence-electron chi connectivity index (χ3n) is 7.06. The summed E-state index contributed by atoms with van der Waals surface area (Å²) < 4.78 is 21.6. The van der Waals surface area contributed by atoms with E-state index in [1.165, 1.54) is 24.0 Å². The van der Waals surface area contributed by atoms with Gasteiger partial charge in [0.15, 0.2) is 11.5 Å². The van der Waals surface area contributed by atoms with Crippen LogP contribution >= 0.6 is 24.0 Å². The van der Waals surface area contributed by atoms with E-state index in [1.807, 2.05) is 18.2 Å². The minimum Gasteiger partial charge on any atom is -0.497 e. The van der Waals surface area contributed by atoms with Crippen molar-refractivity contribution in [1.82, 2.24) is 4.90 Å². The van der Waals surface area contributed by atoms with Crippen molar-refractivity contribution in [2.75, 3.05) is 51.7 Å². The quantitative estimate of drug-likeness (QED) is 0.259. The van der Waals surface area contributed by atoms with Gasteiger partial charge in [-0.1, -0.05) is 48.2 Å². The van der Waals surface area contributed by atoms with E-state index in [-0.39, 0.29) is 22.9 Å². The number of amides is 3. The minimum absolute atomic E-state index is 0.233. The molecule has 43 heavy (non-hydrogen) atoms. The van der Waals surface area contributed by atoms with Crippen LogP contribution in [-0.2, 0) is 20.8 Å². The van der Waals surface area contributed by atoms with Gasteiger partial charge in [-0.2, -0.15) is 0 Å². The van der Waals surface area contributed by atoms with Crippen LogP contribution in [0.25, 0.3) is 5.57 Å². The van der Waals surface area contributed by atoms with E-state index in [2.05, 4.69) is 5.32 Å². The monoisotopic (exact) mass is 619 g/mol. The van der Waals surface area contributed by atoms with Gasteiger partial charge in [0.25, 0.3) is 11.8 Å². The Morgan fingerprint density at radius 1 is 0.837 bits per heavy atom. The third kappa shape index (κ3) is 5.88. The van der Waals surface area contributed by atoms with Gasteiger partial charge in [-0.05, 0) is 42.3 Å². The number of benzene rings is 3. The molecule has 0 radical (unpaired) electrons. The number of para-hydroxylation sites is 1. The van der Waals surface area contributed by atoms with Gasteiger partial charge in [0.2, 0.25) is 5.91 Å². The summed E-state index contributed by atoms with van der Waals surface area (Å²) in [4.78, 5) is 43.7. The van der Waals surface area contributed by atoms with Crippen molar-refractivity contribution >= 4 is 63.0 Å². The van der Waals surface area contributed by atoms with Crippen molar-refractivity contribution < 1.29 is 33.3 Å². The zero-order valence-electron chi connectivity index (χ0n) is 24.0. The molecule has 0 unspecified atom stereocenters. The van der Waals surface area contributed by atoms with E-state index in [4.69, 9.17) is 31.2 Å². The Morgan fingerprint density at radius 2 is 1.58 bits per heavy atom. The molecular weight excluding hydrogens is 590 g/mol. The lowest BCUT2D eigenvalue weighted by Gasteiger charge is -2.18. The average molecular weight is 620 g/mol. The average Bonchev–Trinajstić information content (AvgIpc) is 3.46. The molecule has 0 aliphatic carbocycles. The Hall–Kier alpha value is -4.55. The first-order valence-corrected chi connectivity index (χ1v) is 14.4. The second-order valence-electron chi connectivity index (χ2n) is 9.49. The number of methoxy groups -OCH3 is 4. The largest absolute Gasteiger partial charge is 0.497 e. The van der Waals surface area contributed by atoms with Crippen molar-refractivity contribution in [3.05, 3.63) is 76.7 Å². The minimum atomic E-state index is -0.446. The van der Waals surface area contributed by atoms with E-state index in [1.54, 1.807) is 56.7 Å². The van der Waals surface area contributed by atoms with E-state index in [0.29, 0.717) is 57.2 Å². The highest BCUT2D eigenvalue weighted by Crippen LogP contribution is 2.44. The Bertz CT molecular complexity index is 1660. The fraction of sp³-hybridized carbons (Fsp3) is 0.226. The van der Waals surface area contributed by atoms with Crippen LogP contribution in [0.4, 0.5) is 11.4 Å². The molecule has 2 heterocycles. The predicted octanol–water partition coefficient (Wildman–Crippen LogP) is 4.52. The zero-order valence-corrected chi connectivity index (χ0v) is 25.6. The Balaban J connectivity index is 1.36. The number of hydrogen-bond donors (Lipinski definition) is 1. The number of carbonyl (C=O) groups excluding carboxylic acids is 3. The lowest BCUT2D eigenvalue weighted by atomic mass is 10.1. The van der Waals surface area contributed by atoms with Crippen LogP contribution in [0.1, 0.15) is 11.1 Å². The number of carbonyl (C=O) groups is 3. The summed E-state index contributed by atoms with van der Waals surface area (Å²) in [5.41, 5.74) is 2.71. The molecule has 2 aliphatic heterocycles. The first-order chi connectivity index (χ1) is 20.8. The van der Waals surface area contributed by atoms with Crippen LogP contribution in [-0.4, -0.2) is 68.5 Å². The molecule has 0 atom stereocenters. The Labute approximate surface area is 258 Å². The van der Waals surface area contributed by atoms with Crippen LogP contribution < -0.4 is 29.2 Å². The van der Waals surface area contributed by atoms with Crippen molar-refractivity contribution in [1.29, 1.82) is 0 Å². The van der Waals surface area contributed by atoms with Gasteiger partial charge in [0, 0.05) is 18.2 Å². The zero-order chi connectivity index (χ0) is 30.7. The SMILES string of the molecule is COc1ccc(NC(=O)CN2C(=O)/C(=C3/SC(=S)N(CCc4ccc(OC)c(OC)c4)C3=O)c3ccccc32)c(OC)c1. The van der Waals surface area contributed by atoms with E-state index < -0.39 is 11.8 Å². The number of rotatable bonds is 10. The summed E-state index contributed by atoms with van der Waals surface area (Å²) in [6, 6.07) is 17.7. The van der Waals surface area contributed by atoms with Crippen molar-refractivity contribution in [2.45, 2.75) is 6.42 Å². The third-order valence-corrected chi connectivity index (χ3v) is 8.50. The van der Waals surface area contributed by atoms with Gasteiger partial charge < -0.3 is 24.3 Å². The van der Waals surface area contributed by atoms with Crippen LogP contribution in [0.3, 0.4) is 0 Å². The molecule has 1 fully saturated rings. The summed E-state index contributed by atoms with van der Waals surface area (Å²) >= 11 is 6.66. The lowest BCUT2D eigenvalue weighted by molar-refractivity contribution is -0.122. The molecule has 5 rings (SSSR count). The molecule has 3 aromatic carbocycles. The van der Waals surface area contributed by atoms with E-state index in [0.717, 1.165) is 17.3 Å². The molecule has 3 aromatic rings. The van der Waals surface area contributed by atoms with E-state index in [9.17, 15) is 14.4 Å². The number of hydrogen-bond acceptors (Lipinski definition) is 9. The maximum Gasteiger partial charge on any atom is 0.267 e. The van der Waals surface area contributed by atoms with Crippen LogP contribution in [0.15, 0.2) is 65.6 Å². The molecule has 1 N–H and O–H groups in total. The highest BCUT2D eigenvalue weighted by molar-refractivity contribution is 8.26. The van der Waals surface area contributed by atoms with Gasteiger partial charge in [0.1, 0.15) is 22.4 Å². The normalized spacial score (nSPS) is 16.0. The molecular formula is C31H29N3O7S2. The molecule has 0 spiro atoms. The molecule has 2 aliphatic rings. The summed E-state index contributed by atoms with van der Waals surface area (Å²) in [6.07, 6.45) is 0.515. The van der Waals surface area contributed by atoms with Crippen molar-refractivity contribution in [3.8, 4) is 23.0 Å². The van der Waals surface area contributed by atoms with Gasteiger partial charge >= 0.3 is 0 Å². The molecule has 3 amide bonds. The molecule has 0 saturated carbocycles. The fourth-order valence-electron chi connectivity index (χ4n) is 4.91. The molecule has 1 saturated heterocycles. The summed E-state index contributed by atoms with van der Waals surface area (Å²) in [6.45, 7) is 0.0523. The van der Waals surface area contributed by atoms with Crippen molar-refractivity contribution in [2.24, 2.45) is 0 Å². The number of fused-ring (bicyclic) bond motifs is 1. The maximum atomic E-state index is 13.8. The van der Waals surface area contributed by atoms with Gasteiger partial charge in [-0.15, -0.1) is 0 Å². The second kappa shape index (κ2) is 12.8. The lowest BCUT2D eigenvalue weighted by Crippen LogP contribution is -2.35. The summed E-state index contributed by atoms with van der Waals surface area (Å²) in [5, 5.41) is 2.80. The molecule has 12 heteroatoms. The topological polar surface area (TPSA) is 107 Å². The number of thiocarbonyl (C=S) groups is 1. The second-order valence-corrected chi connectivity index (χ2v) is 11.1. The Morgan fingerprint density at radius 3 is 2.30 bits per heavy atom. The number of ether oxygens (including phenoxy) is 4. The van der Waals surface area contributed by atoms with E-state index >= 15 is 0 Å². The van der Waals surface area contributed by atoms with Gasteiger partial charge in [0.05, 0.1) is 50.3 Å². The summed E-state index contributed by atoms with van der Waals surface area (Å²) in [5.74, 6) is 0.968. The fourth-order valence-corrected chi connectivity index (χ4v) is 6.29. The molecule has 0 bridgehead atoms. The molecule has 222 valence electrons. The highest BCUT2D eigenvalue weighted by atomic mass is 32.2. The van der Waals surface area contributed by atoms with Crippen LogP contribution in [0, 0.1) is 0 Å². The van der Waals surface area contributed by atoms with Gasteiger partial charge in [-0.25, -0.2) is 0 Å². The number of anilines is 2. The van der Waals surface area contributed by atoms with Crippen molar-refractivity contribution in [3.63, 3.8) is 0 Å². The smallest absolute Gasteiger partial charge is 0.267 e. The number of nitrogens with one attached hydrogen (secondary N) is 1. The highest BCUT2D eigenvalue weighted by Gasteiger charge is 2.42. The Kier molecular flexibility index (Phi) is 8.88. The molecule has 10 nitrogen and oxygen atoms in total. The molecule has 0 aromatic heterocycles. The summed E-state index contributed by atoms with van der Waals surface area (Å²) in [7, 11) is 6.16. The first-order valence-electron chi connectivity index (χ1n) is 13.2. The number of thioether (sulfide) groups is 1. The van der Waals surface area contributed by atoms with Crippen LogP contribution in [0.2, 0.25) is 0 Å². The number of nitrogens with zero attached hydrogens (tertiary/aromatic N) is 2. The maximum absolute atomic E-state index is 13.8.